The molecule has 1 N–H and O–H groups in total. The van der Waals surface area contributed by atoms with Gasteiger partial charge in [-0.3, -0.25) is 0 Å². The molecule has 2 nitrogen and oxygen atoms in total. The van der Waals surface area contributed by atoms with Crippen molar-refractivity contribution in [1.82, 2.24) is 0 Å². The standard InChI is InChI=1S/C15H32O2Si/c1-11(2)14(16)10-12(3)13(4)17-18(8,9)15(5,6)7/h11,13-14,16H,3,10H2,1-2,4-9H3/t13-,14+/m1/s1. The molecule has 0 aliphatic heterocycles. The smallest absolute Gasteiger partial charge is 0.192 e. The lowest BCUT2D eigenvalue weighted by Gasteiger charge is -2.39. The Balaban J connectivity index is 4.50. The number of rotatable bonds is 6. The van der Waals surface area contributed by atoms with Crippen LogP contribution in [-0.4, -0.2) is 25.6 Å². The van der Waals surface area contributed by atoms with Crippen molar-refractivity contribution in [3.8, 4) is 0 Å². The van der Waals surface area contributed by atoms with Crippen LogP contribution in [0.5, 0.6) is 0 Å². The molecule has 2 atom stereocenters. The molecule has 0 aromatic rings. The lowest BCUT2D eigenvalue weighted by atomic mass is 9.98. The molecule has 0 radical (unpaired) electrons. The van der Waals surface area contributed by atoms with Crippen molar-refractivity contribution in [1.29, 1.82) is 0 Å². The van der Waals surface area contributed by atoms with Gasteiger partial charge in [-0.1, -0.05) is 41.2 Å². The number of aliphatic hydroxyl groups excluding tert-OH is 1. The van der Waals surface area contributed by atoms with Crippen LogP contribution in [0.2, 0.25) is 18.1 Å². The molecule has 0 rings (SSSR count). The van der Waals surface area contributed by atoms with Crippen LogP contribution in [0.3, 0.4) is 0 Å². The van der Waals surface area contributed by atoms with E-state index in [2.05, 4.69) is 47.4 Å². The highest BCUT2D eigenvalue weighted by Gasteiger charge is 2.38. The Bertz CT molecular complexity index is 277. The number of hydrogen-bond donors (Lipinski definition) is 1. The molecule has 0 spiro atoms. The van der Waals surface area contributed by atoms with Crippen molar-refractivity contribution < 1.29 is 9.53 Å². The monoisotopic (exact) mass is 272 g/mol. The fraction of sp³-hybridized carbons (Fsp3) is 0.867. The largest absolute Gasteiger partial charge is 0.411 e. The summed E-state index contributed by atoms with van der Waals surface area (Å²) in [6.07, 6.45) is 0.343. The van der Waals surface area contributed by atoms with Gasteiger partial charge in [0.1, 0.15) is 0 Å². The Morgan fingerprint density at radius 2 is 1.67 bits per heavy atom. The van der Waals surface area contributed by atoms with Gasteiger partial charge in [-0.15, -0.1) is 0 Å². The molecule has 108 valence electrons. The summed E-state index contributed by atoms with van der Waals surface area (Å²) >= 11 is 0. The van der Waals surface area contributed by atoms with E-state index in [0.29, 0.717) is 6.42 Å². The zero-order valence-corrected chi connectivity index (χ0v) is 14.5. The highest BCUT2D eigenvalue weighted by atomic mass is 28.4. The minimum absolute atomic E-state index is 0.0271. The van der Waals surface area contributed by atoms with Crippen molar-refractivity contribution >= 4 is 8.32 Å². The lowest BCUT2D eigenvalue weighted by Crippen LogP contribution is -2.43. The summed E-state index contributed by atoms with van der Waals surface area (Å²) in [4.78, 5) is 0. The fourth-order valence-electron chi connectivity index (χ4n) is 1.37. The zero-order valence-electron chi connectivity index (χ0n) is 13.5. The second kappa shape index (κ2) is 6.35. The van der Waals surface area contributed by atoms with Gasteiger partial charge in [0.15, 0.2) is 8.32 Å². The molecule has 0 saturated carbocycles. The molecule has 0 heterocycles. The SMILES string of the molecule is C=C(C[C@H](O)C(C)C)[C@@H](C)O[Si](C)(C)C(C)(C)C. The van der Waals surface area contributed by atoms with E-state index in [0.717, 1.165) is 5.57 Å². The number of aliphatic hydroxyl groups is 1. The molecule has 0 amide bonds. The molecular weight excluding hydrogens is 240 g/mol. The first-order valence-corrected chi connectivity index (χ1v) is 9.83. The van der Waals surface area contributed by atoms with E-state index in [1.807, 2.05) is 13.8 Å². The van der Waals surface area contributed by atoms with E-state index in [1.165, 1.54) is 0 Å². The third kappa shape index (κ3) is 5.25. The maximum Gasteiger partial charge on any atom is 0.192 e. The molecule has 3 heteroatoms. The molecule has 0 unspecified atom stereocenters. The van der Waals surface area contributed by atoms with Crippen LogP contribution in [0, 0.1) is 5.92 Å². The summed E-state index contributed by atoms with van der Waals surface area (Å²) in [6.45, 7) is 21.4. The first-order chi connectivity index (χ1) is 7.88. The van der Waals surface area contributed by atoms with Gasteiger partial charge < -0.3 is 9.53 Å². The Hall–Kier alpha value is -0.123. The van der Waals surface area contributed by atoms with Crippen LogP contribution in [-0.2, 0) is 4.43 Å². The second-order valence-electron chi connectivity index (χ2n) is 7.19. The predicted molar refractivity (Wildman–Crippen MR) is 82.3 cm³/mol. The third-order valence-electron chi connectivity index (χ3n) is 4.09. The van der Waals surface area contributed by atoms with E-state index in [4.69, 9.17) is 4.43 Å². The third-order valence-corrected chi connectivity index (χ3v) is 8.65. The minimum Gasteiger partial charge on any atom is -0.411 e. The van der Waals surface area contributed by atoms with Gasteiger partial charge >= 0.3 is 0 Å². The first kappa shape index (κ1) is 17.9. The molecule has 0 bridgehead atoms. The van der Waals surface area contributed by atoms with Gasteiger partial charge in [-0.2, -0.15) is 0 Å². The van der Waals surface area contributed by atoms with Crippen LogP contribution in [0.15, 0.2) is 12.2 Å². The molecule has 0 saturated heterocycles. The highest BCUT2D eigenvalue weighted by molar-refractivity contribution is 6.74. The topological polar surface area (TPSA) is 29.5 Å². The minimum atomic E-state index is -1.75. The first-order valence-electron chi connectivity index (χ1n) is 6.92. The predicted octanol–water partition coefficient (Wildman–Crippen LogP) is 4.36. The average molecular weight is 273 g/mol. The van der Waals surface area contributed by atoms with E-state index in [1.54, 1.807) is 0 Å². The average Bonchev–Trinajstić information content (AvgIpc) is 2.14. The Morgan fingerprint density at radius 1 is 1.22 bits per heavy atom. The lowest BCUT2D eigenvalue weighted by molar-refractivity contribution is 0.116. The Kier molecular flexibility index (Phi) is 6.31. The molecule has 0 aromatic heterocycles. The van der Waals surface area contributed by atoms with Crippen LogP contribution in [0.1, 0.15) is 48.0 Å². The van der Waals surface area contributed by atoms with E-state index in [9.17, 15) is 5.11 Å². The summed E-state index contributed by atoms with van der Waals surface area (Å²) in [7, 11) is -1.75. The number of hydrogen-bond acceptors (Lipinski definition) is 2. The summed E-state index contributed by atoms with van der Waals surface area (Å²) in [6, 6.07) is 0. The molecular formula is C15H32O2Si. The van der Waals surface area contributed by atoms with Gasteiger partial charge in [0.2, 0.25) is 0 Å². The van der Waals surface area contributed by atoms with Crippen LogP contribution in [0.4, 0.5) is 0 Å². The Morgan fingerprint density at radius 3 is 2.00 bits per heavy atom. The van der Waals surface area contributed by atoms with Gasteiger partial charge in [-0.05, 0) is 43.0 Å². The second-order valence-corrected chi connectivity index (χ2v) is 12.0. The summed E-state index contributed by atoms with van der Waals surface area (Å²) in [5.41, 5.74) is 1.00. The summed E-state index contributed by atoms with van der Waals surface area (Å²) < 4.78 is 6.27. The van der Waals surface area contributed by atoms with E-state index in [-0.39, 0.29) is 23.2 Å². The van der Waals surface area contributed by atoms with Crippen molar-refractivity contribution in [3.63, 3.8) is 0 Å². The van der Waals surface area contributed by atoms with Crippen LogP contribution in [0.25, 0.3) is 0 Å². The van der Waals surface area contributed by atoms with Crippen molar-refractivity contribution in [2.24, 2.45) is 5.92 Å². The van der Waals surface area contributed by atoms with Crippen molar-refractivity contribution in [3.05, 3.63) is 12.2 Å². The van der Waals surface area contributed by atoms with Gasteiger partial charge in [-0.25, -0.2) is 0 Å². The maximum atomic E-state index is 9.90. The van der Waals surface area contributed by atoms with Gasteiger partial charge in [0, 0.05) is 0 Å². The van der Waals surface area contributed by atoms with Crippen molar-refractivity contribution in [2.75, 3.05) is 0 Å². The normalized spacial score (nSPS) is 16.8. The van der Waals surface area contributed by atoms with Crippen LogP contribution < -0.4 is 0 Å². The highest BCUT2D eigenvalue weighted by Crippen LogP contribution is 2.38. The molecule has 0 aromatic carbocycles. The van der Waals surface area contributed by atoms with E-state index >= 15 is 0 Å². The maximum absolute atomic E-state index is 9.90. The Labute approximate surface area is 115 Å². The molecule has 0 aliphatic rings. The fourth-order valence-corrected chi connectivity index (χ4v) is 2.78. The van der Waals surface area contributed by atoms with Crippen molar-refractivity contribution in [2.45, 2.75) is 78.3 Å². The van der Waals surface area contributed by atoms with Gasteiger partial charge in [0.25, 0.3) is 0 Å². The molecule has 18 heavy (non-hydrogen) atoms. The molecule has 0 aliphatic carbocycles. The van der Waals surface area contributed by atoms with Crippen LogP contribution >= 0.6 is 0 Å². The van der Waals surface area contributed by atoms with Gasteiger partial charge in [0.05, 0.1) is 12.2 Å². The summed E-state index contributed by atoms with van der Waals surface area (Å²) in [5.74, 6) is 0.266. The zero-order chi connectivity index (χ0) is 14.7. The quantitative estimate of drug-likeness (QED) is 0.575. The molecule has 0 fully saturated rings. The van der Waals surface area contributed by atoms with E-state index < -0.39 is 8.32 Å². The summed E-state index contributed by atoms with van der Waals surface area (Å²) in [5, 5.41) is 10.1.